The van der Waals surface area contributed by atoms with Crippen molar-refractivity contribution >= 4 is 40.0 Å². The summed E-state index contributed by atoms with van der Waals surface area (Å²) in [4.78, 5) is 23.1. The highest BCUT2D eigenvalue weighted by molar-refractivity contribution is 6.34. The Bertz CT molecular complexity index is 858. The van der Waals surface area contributed by atoms with Gasteiger partial charge in [-0.1, -0.05) is 18.2 Å². The standard InChI is InChI=1S/C15H12ClN5O/c1-2-17-15(22)10-4-3-9(7-12(10)16)21-14-11-5-6-18-13(11)19-8-20-14/h2-8H,1H2,(H,17,22)(H2,18,19,20,21). The van der Waals surface area contributed by atoms with Crippen LogP contribution in [0.3, 0.4) is 0 Å². The molecule has 3 N–H and O–H groups in total. The first-order chi connectivity index (χ1) is 10.7. The van der Waals surface area contributed by atoms with Crippen LogP contribution in [0.1, 0.15) is 10.4 Å². The Hall–Kier alpha value is -2.86. The second kappa shape index (κ2) is 5.87. The molecule has 3 rings (SSSR count). The van der Waals surface area contributed by atoms with Gasteiger partial charge in [-0.25, -0.2) is 9.97 Å². The van der Waals surface area contributed by atoms with Gasteiger partial charge in [-0.2, -0.15) is 0 Å². The first-order valence-electron chi connectivity index (χ1n) is 6.45. The summed E-state index contributed by atoms with van der Waals surface area (Å²) in [5.41, 5.74) is 1.84. The number of amides is 1. The van der Waals surface area contributed by atoms with Crippen molar-refractivity contribution in [2.45, 2.75) is 0 Å². The molecule has 0 saturated heterocycles. The highest BCUT2D eigenvalue weighted by Crippen LogP contribution is 2.26. The highest BCUT2D eigenvalue weighted by Gasteiger charge is 2.11. The molecule has 0 radical (unpaired) electrons. The van der Waals surface area contributed by atoms with Gasteiger partial charge in [0, 0.05) is 11.9 Å². The average molecular weight is 314 g/mol. The lowest BCUT2D eigenvalue weighted by Gasteiger charge is -2.09. The van der Waals surface area contributed by atoms with Crippen LogP contribution in [0.25, 0.3) is 11.0 Å². The third-order valence-electron chi connectivity index (χ3n) is 3.06. The number of carbonyl (C=O) groups excluding carboxylic acids is 1. The monoisotopic (exact) mass is 313 g/mol. The molecule has 0 spiro atoms. The second-order valence-corrected chi connectivity index (χ2v) is 4.87. The minimum atomic E-state index is -0.304. The van der Waals surface area contributed by atoms with E-state index < -0.39 is 0 Å². The van der Waals surface area contributed by atoms with Gasteiger partial charge in [0.2, 0.25) is 0 Å². The third-order valence-corrected chi connectivity index (χ3v) is 3.38. The van der Waals surface area contributed by atoms with Crippen LogP contribution in [-0.2, 0) is 0 Å². The van der Waals surface area contributed by atoms with Gasteiger partial charge in [0.1, 0.15) is 17.8 Å². The van der Waals surface area contributed by atoms with E-state index in [1.807, 2.05) is 6.07 Å². The maximum Gasteiger partial charge on any atom is 0.256 e. The molecule has 0 fully saturated rings. The van der Waals surface area contributed by atoms with Gasteiger partial charge in [0.15, 0.2) is 0 Å². The maximum atomic E-state index is 11.8. The lowest BCUT2D eigenvalue weighted by Crippen LogP contribution is -2.16. The van der Waals surface area contributed by atoms with Crippen molar-refractivity contribution in [3.63, 3.8) is 0 Å². The van der Waals surface area contributed by atoms with Gasteiger partial charge in [-0.3, -0.25) is 4.79 Å². The number of rotatable bonds is 4. The number of aromatic amines is 1. The van der Waals surface area contributed by atoms with E-state index in [0.29, 0.717) is 16.4 Å². The van der Waals surface area contributed by atoms with Crippen molar-refractivity contribution in [3.05, 3.63) is 60.2 Å². The number of H-pyrrole nitrogens is 1. The van der Waals surface area contributed by atoms with Crippen LogP contribution in [0, 0.1) is 0 Å². The molecule has 0 bridgehead atoms. The quantitative estimate of drug-likeness (QED) is 0.690. The molecule has 2 heterocycles. The fraction of sp³-hybridized carbons (Fsp3) is 0. The molecule has 0 unspecified atom stereocenters. The summed E-state index contributed by atoms with van der Waals surface area (Å²) in [6.45, 7) is 3.45. The summed E-state index contributed by atoms with van der Waals surface area (Å²) >= 11 is 6.15. The molecule has 0 atom stereocenters. The Labute approximate surface area is 131 Å². The van der Waals surface area contributed by atoms with Gasteiger partial charge in [0.25, 0.3) is 5.91 Å². The summed E-state index contributed by atoms with van der Waals surface area (Å²) in [5.74, 6) is 0.354. The minimum Gasteiger partial charge on any atom is -0.346 e. The van der Waals surface area contributed by atoms with Gasteiger partial charge in [-0.05, 0) is 30.5 Å². The predicted octanol–water partition coefficient (Wildman–Crippen LogP) is 3.23. The topological polar surface area (TPSA) is 82.7 Å². The first kappa shape index (κ1) is 14.1. The molecule has 22 heavy (non-hydrogen) atoms. The number of hydrogen-bond acceptors (Lipinski definition) is 4. The largest absolute Gasteiger partial charge is 0.346 e. The Balaban J connectivity index is 1.90. The summed E-state index contributed by atoms with van der Waals surface area (Å²) in [7, 11) is 0. The summed E-state index contributed by atoms with van der Waals surface area (Å²) in [6.07, 6.45) is 4.57. The predicted molar refractivity (Wildman–Crippen MR) is 86.3 cm³/mol. The van der Waals surface area contributed by atoms with Crippen LogP contribution in [0.15, 0.2) is 49.6 Å². The van der Waals surface area contributed by atoms with Crippen LogP contribution < -0.4 is 10.6 Å². The van der Waals surface area contributed by atoms with Crippen LogP contribution in [0.5, 0.6) is 0 Å². The Morgan fingerprint density at radius 3 is 2.95 bits per heavy atom. The molecule has 2 aromatic heterocycles. The Morgan fingerprint density at radius 1 is 1.32 bits per heavy atom. The first-order valence-corrected chi connectivity index (χ1v) is 6.83. The highest BCUT2D eigenvalue weighted by atomic mass is 35.5. The van der Waals surface area contributed by atoms with Gasteiger partial charge in [0.05, 0.1) is 16.0 Å². The van der Waals surface area contributed by atoms with Crippen molar-refractivity contribution < 1.29 is 4.79 Å². The number of anilines is 2. The Kier molecular flexibility index (Phi) is 3.76. The van der Waals surface area contributed by atoms with Crippen molar-refractivity contribution in [1.29, 1.82) is 0 Å². The molecule has 0 aliphatic carbocycles. The molecule has 1 amide bonds. The number of benzene rings is 1. The van der Waals surface area contributed by atoms with E-state index in [0.717, 1.165) is 16.7 Å². The van der Waals surface area contributed by atoms with E-state index in [9.17, 15) is 4.79 Å². The molecule has 7 heteroatoms. The summed E-state index contributed by atoms with van der Waals surface area (Å²) in [6, 6.07) is 6.94. The van der Waals surface area contributed by atoms with Crippen LogP contribution in [0.2, 0.25) is 5.02 Å². The van der Waals surface area contributed by atoms with Gasteiger partial charge >= 0.3 is 0 Å². The van der Waals surface area contributed by atoms with Gasteiger partial charge < -0.3 is 15.6 Å². The maximum absolute atomic E-state index is 11.8. The van der Waals surface area contributed by atoms with E-state index >= 15 is 0 Å². The average Bonchev–Trinajstić information content (AvgIpc) is 2.97. The Morgan fingerprint density at radius 2 is 2.18 bits per heavy atom. The van der Waals surface area contributed by atoms with E-state index in [1.54, 1.807) is 24.4 Å². The van der Waals surface area contributed by atoms with Gasteiger partial charge in [-0.15, -0.1) is 0 Å². The van der Waals surface area contributed by atoms with Crippen molar-refractivity contribution in [3.8, 4) is 0 Å². The minimum absolute atomic E-state index is 0.304. The fourth-order valence-electron chi connectivity index (χ4n) is 2.06. The number of aromatic nitrogens is 3. The zero-order valence-electron chi connectivity index (χ0n) is 11.4. The number of hydrogen-bond donors (Lipinski definition) is 3. The second-order valence-electron chi connectivity index (χ2n) is 4.46. The van der Waals surface area contributed by atoms with Crippen LogP contribution in [0.4, 0.5) is 11.5 Å². The normalized spacial score (nSPS) is 10.4. The fourth-order valence-corrected chi connectivity index (χ4v) is 2.32. The molecule has 3 aromatic rings. The van der Waals surface area contributed by atoms with E-state index in [2.05, 4.69) is 32.2 Å². The van der Waals surface area contributed by atoms with Crippen LogP contribution >= 0.6 is 11.6 Å². The van der Waals surface area contributed by atoms with E-state index in [-0.39, 0.29) is 5.91 Å². The van der Waals surface area contributed by atoms with E-state index in [4.69, 9.17) is 11.6 Å². The third kappa shape index (κ3) is 2.64. The molecule has 0 aliphatic heterocycles. The zero-order valence-corrected chi connectivity index (χ0v) is 12.2. The van der Waals surface area contributed by atoms with Crippen molar-refractivity contribution in [2.24, 2.45) is 0 Å². The molecule has 0 aliphatic rings. The number of nitrogens with one attached hydrogen (secondary N) is 3. The summed E-state index contributed by atoms with van der Waals surface area (Å²) < 4.78 is 0. The number of nitrogens with zero attached hydrogens (tertiary/aromatic N) is 2. The molecule has 0 saturated carbocycles. The number of halogens is 1. The van der Waals surface area contributed by atoms with Crippen LogP contribution in [-0.4, -0.2) is 20.9 Å². The molecule has 110 valence electrons. The lowest BCUT2D eigenvalue weighted by molar-refractivity contribution is 0.0970. The molecule has 1 aromatic carbocycles. The number of carbonyl (C=O) groups is 1. The molecular formula is C15H12ClN5O. The lowest BCUT2D eigenvalue weighted by atomic mass is 10.2. The number of fused-ring (bicyclic) bond motifs is 1. The SMILES string of the molecule is C=CNC(=O)c1ccc(Nc2ncnc3[nH]ccc23)cc1Cl. The van der Waals surface area contributed by atoms with Crippen molar-refractivity contribution in [2.75, 3.05) is 5.32 Å². The van der Waals surface area contributed by atoms with Crippen molar-refractivity contribution in [1.82, 2.24) is 20.3 Å². The smallest absolute Gasteiger partial charge is 0.256 e. The molecule has 6 nitrogen and oxygen atoms in total. The summed E-state index contributed by atoms with van der Waals surface area (Å²) in [5, 5.41) is 6.86. The molecular weight excluding hydrogens is 302 g/mol. The van der Waals surface area contributed by atoms with E-state index in [1.165, 1.54) is 12.5 Å². The zero-order chi connectivity index (χ0) is 15.5.